The Balaban J connectivity index is 1.47. The lowest BCUT2D eigenvalue weighted by atomic mass is 10.1. The van der Waals surface area contributed by atoms with Crippen molar-refractivity contribution in [2.45, 2.75) is 13.8 Å². The standard InChI is InChI=1S/C23H21N3O4/c1-15-12-21(16(2)26(15)18-6-10-19(28-3)11-7-18)22(27)13-29-20-8-4-17(5-9-20)23-25-24-14-30-23/h4-12,14H,13H2,1-3H3. The van der Waals surface area contributed by atoms with Crippen LogP contribution >= 0.6 is 0 Å². The zero-order valence-electron chi connectivity index (χ0n) is 17.0. The summed E-state index contributed by atoms with van der Waals surface area (Å²) < 4.78 is 18.1. The first-order valence-corrected chi connectivity index (χ1v) is 9.43. The molecule has 0 radical (unpaired) electrons. The van der Waals surface area contributed by atoms with Crippen molar-refractivity contribution in [1.82, 2.24) is 14.8 Å². The Bertz CT molecular complexity index is 1140. The molecule has 30 heavy (non-hydrogen) atoms. The second kappa shape index (κ2) is 8.24. The maximum atomic E-state index is 12.8. The van der Waals surface area contributed by atoms with Gasteiger partial charge in [0.25, 0.3) is 0 Å². The molecule has 0 aliphatic carbocycles. The molecule has 0 aliphatic heterocycles. The Morgan fingerprint density at radius 2 is 1.73 bits per heavy atom. The van der Waals surface area contributed by atoms with E-state index in [1.54, 1.807) is 19.2 Å². The van der Waals surface area contributed by atoms with Crippen LogP contribution in [0.5, 0.6) is 11.5 Å². The Morgan fingerprint density at radius 1 is 1.03 bits per heavy atom. The van der Waals surface area contributed by atoms with Gasteiger partial charge in [-0.15, -0.1) is 10.2 Å². The van der Waals surface area contributed by atoms with Crippen LogP contribution in [0, 0.1) is 13.8 Å². The third-order valence-corrected chi connectivity index (χ3v) is 4.89. The van der Waals surface area contributed by atoms with Crippen molar-refractivity contribution in [3.05, 3.63) is 77.9 Å². The first kappa shape index (κ1) is 19.4. The number of ketones is 1. The monoisotopic (exact) mass is 403 g/mol. The van der Waals surface area contributed by atoms with Crippen LogP contribution in [0.25, 0.3) is 17.1 Å². The van der Waals surface area contributed by atoms with E-state index in [-0.39, 0.29) is 12.4 Å². The molecule has 0 N–H and O–H groups in total. The highest BCUT2D eigenvalue weighted by molar-refractivity contribution is 5.98. The summed E-state index contributed by atoms with van der Waals surface area (Å²) in [5.74, 6) is 1.74. The molecule has 0 fully saturated rings. The van der Waals surface area contributed by atoms with E-state index in [4.69, 9.17) is 13.9 Å². The van der Waals surface area contributed by atoms with Gasteiger partial charge in [-0.05, 0) is 68.4 Å². The van der Waals surface area contributed by atoms with E-state index in [1.165, 1.54) is 6.39 Å². The van der Waals surface area contributed by atoms with Crippen LogP contribution in [0.1, 0.15) is 21.7 Å². The maximum Gasteiger partial charge on any atom is 0.247 e. The number of aryl methyl sites for hydroxylation is 1. The van der Waals surface area contributed by atoms with Crippen molar-refractivity contribution < 1.29 is 18.7 Å². The number of carbonyl (C=O) groups excluding carboxylic acids is 1. The van der Waals surface area contributed by atoms with Gasteiger partial charge in [0.15, 0.2) is 6.61 Å². The number of hydrogen-bond acceptors (Lipinski definition) is 6. The van der Waals surface area contributed by atoms with Gasteiger partial charge in [0.1, 0.15) is 11.5 Å². The summed E-state index contributed by atoms with van der Waals surface area (Å²) in [6, 6.07) is 16.8. The van der Waals surface area contributed by atoms with E-state index >= 15 is 0 Å². The topological polar surface area (TPSA) is 79.4 Å². The van der Waals surface area contributed by atoms with E-state index in [1.807, 2.05) is 60.9 Å². The molecule has 7 heteroatoms. The largest absolute Gasteiger partial charge is 0.497 e. The van der Waals surface area contributed by atoms with Gasteiger partial charge in [-0.2, -0.15) is 0 Å². The van der Waals surface area contributed by atoms with E-state index in [0.29, 0.717) is 17.2 Å². The number of hydrogen-bond donors (Lipinski definition) is 0. The van der Waals surface area contributed by atoms with Gasteiger partial charge in [0.05, 0.1) is 7.11 Å². The van der Waals surface area contributed by atoms with Crippen molar-refractivity contribution in [3.8, 4) is 28.6 Å². The summed E-state index contributed by atoms with van der Waals surface area (Å²) in [7, 11) is 1.64. The zero-order chi connectivity index (χ0) is 21.1. The molecule has 0 saturated carbocycles. The van der Waals surface area contributed by atoms with E-state index in [2.05, 4.69) is 10.2 Å². The molecule has 0 spiro atoms. The summed E-state index contributed by atoms with van der Waals surface area (Å²) in [5, 5.41) is 7.53. The Morgan fingerprint density at radius 3 is 2.37 bits per heavy atom. The molecular weight excluding hydrogens is 382 g/mol. The van der Waals surface area contributed by atoms with Crippen LogP contribution < -0.4 is 9.47 Å². The highest BCUT2D eigenvalue weighted by Gasteiger charge is 2.17. The fourth-order valence-electron chi connectivity index (χ4n) is 3.39. The van der Waals surface area contributed by atoms with Crippen molar-refractivity contribution in [3.63, 3.8) is 0 Å². The normalized spacial score (nSPS) is 10.8. The lowest BCUT2D eigenvalue weighted by Gasteiger charge is -2.11. The van der Waals surface area contributed by atoms with Gasteiger partial charge in [-0.25, -0.2) is 0 Å². The van der Waals surface area contributed by atoms with Crippen LogP contribution in [0.3, 0.4) is 0 Å². The molecule has 4 aromatic rings. The summed E-state index contributed by atoms with van der Waals surface area (Å²) in [6.07, 6.45) is 1.28. The van der Waals surface area contributed by atoms with E-state index < -0.39 is 0 Å². The Hall–Kier alpha value is -3.87. The molecule has 7 nitrogen and oxygen atoms in total. The first-order valence-electron chi connectivity index (χ1n) is 9.43. The smallest absolute Gasteiger partial charge is 0.247 e. The number of nitrogens with zero attached hydrogens (tertiary/aromatic N) is 3. The second-order valence-corrected chi connectivity index (χ2v) is 6.80. The van der Waals surface area contributed by atoms with Gasteiger partial charge in [-0.3, -0.25) is 4.79 Å². The fraction of sp³-hybridized carbons (Fsp3) is 0.174. The number of methoxy groups -OCH3 is 1. The van der Waals surface area contributed by atoms with Crippen molar-refractivity contribution in [2.24, 2.45) is 0 Å². The SMILES string of the molecule is COc1ccc(-n2c(C)cc(C(=O)COc3ccc(-c4nnco4)cc3)c2C)cc1. The van der Waals surface area contributed by atoms with Gasteiger partial charge >= 0.3 is 0 Å². The number of carbonyl (C=O) groups is 1. The van der Waals surface area contributed by atoms with Crippen LogP contribution in [0.2, 0.25) is 0 Å². The predicted octanol–water partition coefficient (Wildman–Crippen LogP) is 4.41. The van der Waals surface area contributed by atoms with Crippen molar-refractivity contribution in [1.29, 1.82) is 0 Å². The zero-order valence-corrected chi connectivity index (χ0v) is 17.0. The summed E-state index contributed by atoms with van der Waals surface area (Å²) in [5.41, 5.74) is 4.25. The number of aromatic nitrogens is 3. The molecule has 0 aliphatic rings. The Kier molecular flexibility index (Phi) is 5.34. The third-order valence-electron chi connectivity index (χ3n) is 4.89. The molecule has 0 bridgehead atoms. The molecular formula is C23H21N3O4. The number of Topliss-reactive ketones (excluding diaryl/α,β-unsaturated/α-hetero) is 1. The minimum atomic E-state index is -0.0798. The van der Waals surface area contributed by atoms with Crippen LogP contribution in [0.15, 0.2) is 65.4 Å². The molecule has 152 valence electrons. The third kappa shape index (κ3) is 3.82. The second-order valence-electron chi connectivity index (χ2n) is 6.80. The fourth-order valence-corrected chi connectivity index (χ4v) is 3.39. The number of rotatable bonds is 7. The van der Waals surface area contributed by atoms with Gasteiger partial charge in [-0.1, -0.05) is 0 Å². The average molecular weight is 403 g/mol. The minimum Gasteiger partial charge on any atom is -0.497 e. The van der Waals surface area contributed by atoms with Gasteiger partial charge < -0.3 is 18.5 Å². The number of ether oxygens (including phenoxy) is 2. The van der Waals surface area contributed by atoms with E-state index in [0.717, 1.165) is 28.4 Å². The Labute approximate surface area is 173 Å². The molecule has 0 atom stereocenters. The maximum absolute atomic E-state index is 12.8. The molecule has 0 amide bonds. The molecule has 2 heterocycles. The quantitative estimate of drug-likeness (QED) is 0.425. The van der Waals surface area contributed by atoms with E-state index in [9.17, 15) is 4.79 Å². The summed E-state index contributed by atoms with van der Waals surface area (Å²) >= 11 is 0. The highest BCUT2D eigenvalue weighted by Crippen LogP contribution is 2.24. The first-order chi connectivity index (χ1) is 14.6. The lowest BCUT2D eigenvalue weighted by Crippen LogP contribution is -2.12. The van der Waals surface area contributed by atoms with Crippen LogP contribution in [0.4, 0.5) is 0 Å². The van der Waals surface area contributed by atoms with Crippen molar-refractivity contribution in [2.75, 3.05) is 13.7 Å². The van der Waals surface area contributed by atoms with Gasteiger partial charge in [0.2, 0.25) is 18.1 Å². The van der Waals surface area contributed by atoms with Gasteiger partial charge in [0, 0.05) is 28.2 Å². The predicted molar refractivity (Wildman–Crippen MR) is 111 cm³/mol. The van der Waals surface area contributed by atoms with Crippen LogP contribution in [-0.4, -0.2) is 34.3 Å². The molecule has 4 rings (SSSR count). The van der Waals surface area contributed by atoms with Crippen molar-refractivity contribution >= 4 is 5.78 Å². The molecule has 0 saturated heterocycles. The molecule has 0 unspecified atom stereocenters. The minimum absolute atomic E-state index is 0.0488. The number of benzene rings is 2. The average Bonchev–Trinajstić information content (AvgIpc) is 3.41. The summed E-state index contributed by atoms with van der Waals surface area (Å²) in [4.78, 5) is 12.8. The molecule has 2 aromatic carbocycles. The lowest BCUT2D eigenvalue weighted by molar-refractivity contribution is 0.0921. The molecule has 2 aromatic heterocycles. The van der Waals surface area contributed by atoms with Crippen LogP contribution in [-0.2, 0) is 0 Å². The highest BCUT2D eigenvalue weighted by atomic mass is 16.5. The summed E-state index contributed by atoms with van der Waals surface area (Å²) in [6.45, 7) is 3.86.